The number of halogens is 1. The number of hydrogen-bond acceptors (Lipinski definition) is 3. The van der Waals surface area contributed by atoms with E-state index in [4.69, 9.17) is 21.0 Å². The summed E-state index contributed by atoms with van der Waals surface area (Å²) in [4.78, 5) is 7.56. The van der Waals surface area contributed by atoms with Crippen LogP contribution in [0.2, 0.25) is 0 Å². The van der Waals surface area contributed by atoms with Gasteiger partial charge in [0.1, 0.15) is 5.76 Å². The summed E-state index contributed by atoms with van der Waals surface area (Å²) in [5, 5.41) is 0.405. The zero-order chi connectivity index (χ0) is 18.4. The lowest BCUT2D eigenvalue weighted by atomic mass is 9.68. The van der Waals surface area contributed by atoms with Crippen molar-refractivity contribution >= 4 is 11.6 Å². The Labute approximate surface area is 169 Å². The fraction of sp³-hybridized carbons (Fsp3) is 0.870. The molecule has 3 heterocycles. The number of nitrogens with zero attached hydrogens (tertiary/aromatic N) is 2. The van der Waals surface area contributed by atoms with Crippen molar-refractivity contribution in [2.75, 3.05) is 7.05 Å². The molecule has 0 aromatic carbocycles. The quantitative estimate of drug-likeness (QED) is 0.585. The average Bonchev–Trinajstić information content (AvgIpc) is 3.26. The van der Waals surface area contributed by atoms with Gasteiger partial charge in [-0.05, 0) is 76.7 Å². The van der Waals surface area contributed by atoms with Gasteiger partial charge in [0, 0.05) is 23.4 Å². The zero-order valence-corrected chi connectivity index (χ0v) is 17.5. The predicted molar refractivity (Wildman–Crippen MR) is 109 cm³/mol. The largest absolute Gasteiger partial charge is 0.445 e. The van der Waals surface area contributed by atoms with E-state index < -0.39 is 0 Å². The number of oxazole rings is 1. The van der Waals surface area contributed by atoms with E-state index in [1.165, 1.54) is 82.8 Å². The molecule has 2 bridgehead atoms. The monoisotopic (exact) mass is 390 g/mol. The zero-order valence-electron chi connectivity index (χ0n) is 16.8. The summed E-state index contributed by atoms with van der Waals surface area (Å²) in [7, 11) is 2.34. The number of hydrogen-bond donors (Lipinski definition) is 0. The molecule has 150 valence electrons. The van der Waals surface area contributed by atoms with E-state index in [1.54, 1.807) is 0 Å². The van der Waals surface area contributed by atoms with Gasteiger partial charge in [-0.2, -0.15) is 0 Å². The Morgan fingerprint density at radius 3 is 2.56 bits per heavy atom. The summed E-state index contributed by atoms with van der Waals surface area (Å²) < 4.78 is 6.54. The van der Waals surface area contributed by atoms with Crippen molar-refractivity contribution in [2.45, 2.75) is 106 Å². The standard InChI is InChI=1S/C23H35ClN2O/c1-26-18-11-12-20(26)22(19(13-18)15-7-9-17(24)10-8-15)23-25-14-21(27-23)16-5-3-2-4-6-16/h14-20,22H,2-13H2,1H3. The van der Waals surface area contributed by atoms with Gasteiger partial charge in [0.25, 0.3) is 0 Å². The molecule has 2 aliphatic carbocycles. The first-order valence-electron chi connectivity index (χ1n) is 11.5. The summed E-state index contributed by atoms with van der Waals surface area (Å²) in [6.07, 6.45) is 17.7. The molecule has 1 aromatic heterocycles. The molecule has 0 radical (unpaired) electrons. The third-order valence-electron chi connectivity index (χ3n) is 8.46. The molecular weight excluding hydrogens is 356 g/mol. The van der Waals surface area contributed by atoms with E-state index in [2.05, 4.69) is 18.1 Å². The molecule has 2 saturated carbocycles. The van der Waals surface area contributed by atoms with E-state index in [0.717, 1.165) is 23.8 Å². The summed E-state index contributed by atoms with van der Waals surface area (Å²) in [6.45, 7) is 0. The molecular formula is C23H35ClN2O. The van der Waals surface area contributed by atoms with E-state index in [9.17, 15) is 0 Å². The molecule has 0 N–H and O–H groups in total. The predicted octanol–water partition coefficient (Wildman–Crippen LogP) is 6.09. The maximum absolute atomic E-state index is 6.54. The fourth-order valence-electron chi connectivity index (χ4n) is 6.88. The van der Waals surface area contributed by atoms with Crippen LogP contribution >= 0.6 is 11.6 Å². The Kier molecular flexibility index (Phi) is 5.28. The van der Waals surface area contributed by atoms with Gasteiger partial charge in [-0.3, -0.25) is 4.90 Å². The van der Waals surface area contributed by atoms with Gasteiger partial charge in [-0.15, -0.1) is 11.6 Å². The number of fused-ring (bicyclic) bond motifs is 2. The second-order valence-electron chi connectivity index (χ2n) is 9.84. The summed E-state index contributed by atoms with van der Waals surface area (Å²) in [5.41, 5.74) is 0. The molecule has 2 aliphatic heterocycles. The van der Waals surface area contributed by atoms with Crippen LogP contribution in [-0.4, -0.2) is 34.4 Å². The molecule has 0 amide bonds. The van der Waals surface area contributed by atoms with Crippen molar-refractivity contribution in [1.29, 1.82) is 0 Å². The lowest BCUT2D eigenvalue weighted by Crippen LogP contribution is -2.47. The molecule has 4 atom stereocenters. The smallest absolute Gasteiger partial charge is 0.199 e. The van der Waals surface area contributed by atoms with Gasteiger partial charge in [0.05, 0.1) is 12.1 Å². The number of piperidine rings is 1. The Morgan fingerprint density at radius 2 is 1.78 bits per heavy atom. The fourth-order valence-corrected chi connectivity index (χ4v) is 7.13. The van der Waals surface area contributed by atoms with Crippen LogP contribution in [0.5, 0.6) is 0 Å². The van der Waals surface area contributed by atoms with Crippen molar-refractivity contribution in [3.05, 3.63) is 17.8 Å². The minimum absolute atomic E-state index is 0.405. The Balaban J connectivity index is 1.41. The molecule has 4 aliphatic rings. The van der Waals surface area contributed by atoms with Crippen molar-refractivity contribution < 1.29 is 4.42 Å². The second-order valence-corrected chi connectivity index (χ2v) is 10.5. The van der Waals surface area contributed by atoms with Crippen LogP contribution in [0.1, 0.15) is 101 Å². The first-order chi connectivity index (χ1) is 13.2. The highest BCUT2D eigenvalue weighted by atomic mass is 35.5. The lowest BCUT2D eigenvalue weighted by Gasteiger charge is -2.46. The molecule has 5 rings (SSSR count). The normalized spacial score (nSPS) is 41.1. The molecule has 4 fully saturated rings. The van der Waals surface area contributed by atoms with Crippen LogP contribution in [0.25, 0.3) is 0 Å². The van der Waals surface area contributed by atoms with Crippen LogP contribution in [0.15, 0.2) is 10.6 Å². The molecule has 0 spiro atoms. The van der Waals surface area contributed by atoms with Gasteiger partial charge in [0.15, 0.2) is 5.89 Å². The maximum Gasteiger partial charge on any atom is 0.199 e. The number of alkyl halides is 1. The minimum atomic E-state index is 0.405. The van der Waals surface area contributed by atoms with Crippen LogP contribution in [0.4, 0.5) is 0 Å². The van der Waals surface area contributed by atoms with Crippen LogP contribution in [-0.2, 0) is 0 Å². The summed E-state index contributed by atoms with van der Waals surface area (Å²) in [6, 6.07) is 1.40. The van der Waals surface area contributed by atoms with Crippen molar-refractivity contribution in [1.82, 2.24) is 9.88 Å². The highest BCUT2D eigenvalue weighted by Crippen LogP contribution is 2.52. The van der Waals surface area contributed by atoms with Crippen LogP contribution in [0, 0.1) is 11.8 Å². The van der Waals surface area contributed by atoms with Crippen molar-refractivity contribution in [2.24, 2.45) is 11.8 Å². The number of aromatic nitrogens is 1. The Hall–Kier alpha value is -0.540. The summed E-state index contributed by atoms with van der Waals surface area (Å²) in [5.74, 6) is 4.89. The SMILES string of the molecule is CN1C2CCC1C(c1ncc(C3CCCCC3)o1)C(C1CCC(Cl)CC1)C2. The highest BCUT2D eigenvalue weighted by molar-refractivity contribution is 6.20. The van der Waals surface area contributed by atoms with E-state index in [0.29, 0.717) is 23.3 Å². The molecule has 4 unspecified atom stereocenters. The maximum atomic E-state index is 6.54. The van der Waals surface area contributed by atoms with E-state index in [-0.39, 0.29) is 0 Å². The van der Waals surface area contributed by atoms with Gasteiger partial charge >= 0.3 is 0 Å². The lowest BCUT2D eigenvalue weighted by molar-refractivity contribution is 0.0515. The second kappa shape index (κ2) is 7.71. The van der Waals surface area contributed by atoms with E-state index in [1.807, 2.05) is 0 Å². The third kappa shape index (κ3) is 3.48. The van der Waals surface area contributed by atoms with Gasteiger partial charge < -0.3 is 4.42 Å². The first kappa shape index (κ1) is 18.5. The first-order valence-corrected chi connectivity index (χ1v) is 12.0. The third-order valence-corrected chi connectivity index (χ3v) is 8.89. The van der Waals surface area contributed by atoms with Crippen LogP contribution < -0.4 is 0 Å². The van der Waals surface area contributed by atoms with Gasteiger partial charge in [0.2, 0.25) is 0 Å². The van der Waals surface area contributed by atoms with E-state index >= 15 is 0 Å². The summed E-state index contributed by atoms with van der Waals surface area (Å²) >= 11 is 6.42. The highest BCUT2D eigenvalue weighted by Gasteiger charge is 2.50. The van der Waals surface area contributed by atoms with Gasteiger partial charge in [-0.25, -0.2) is 4.98 Å². The Bertz CT molecular complexity index is 632. The molecule has 27 heavy (non-hydrogen) atoms. The molecule has 1 aromatic rings. The number of likely N-dealkylation sites (N-methyl/N-ethyl adjacent to an activating group) is 1. The molecule has 4 heteroatoms. The van der Waals surface area contributed by atoms with Crippen molar-refractivity contribution in [3.8, 4) is 0 Å². The average molecular weight is 391 g/mol. The number of rotatable bonds is 3. The van der Waals surface area contributed by atoms with Crippen molar-refractivity contribution in [3.63, 3.8) is 0 Å². The topological polar surface area (TPSA) is 29.3 Å². The van der Waals surface area contributed by atoms with Crippen LogP contribution in [0.3, 0.4) is 0 Å². The molecule has 2 saturated heterocycles. The Morgan fingerprint density at radius 1 is 1.00 bits per heavy atom. The minimum Gasteiger partial charge on any atom is -0.445 e. The molecule has 3 nitrogen and oxygen atoms in total. The van der Waals surface area contributed by atoms with Gasteiger partial charge in [-0.1, -0.05) is 19.3 Å².